The molecule has 102 valence electrons. The van der Waals surface area contributed by atoms with E-state index in [0.29, 0.717) is 6.04 Å². The highest BCUT2D eigenvalue weighted by Gasteiger charge is 2.10. The molecule has 0 radical (unpaired) electrons. The molecule has 1 heterocycles. The number of anilines is 1. The maximum Gasteiger partial charge on any atom is 0.160 e. The summed E-state index contributed by atoms with van der Waals surface area (Å²) in [5, 5.41) is 3.49. The van der Waals surface area contributed by atoms with E-state index in [1.165, 1.54) is 0 Å². The van der Waals surface area contributed by atoms with Crippen molar-refractivity contribution in [3.05, 3.63) is 18.0 Å². The molecule has 1 atom stereocenters. The SMILES string of the molecule is CCN(CC)CC(C)Nc1cc(C)ncc1OC. The molecule has 1 unspecified atom stereocenters. The Bertz CT molecular complexity index is 364. The van der Waals surface area contributed by atoms with Crippen molar-refractivity contribution in [2.24, 2.45) is 0 Å². The molecule has 1 rings (SSSR count). The number of rotatable bonds is 7. The molecular weight excluding hydrogens is 226 g/mol. The monoisotopic (exact) mass is 251 g/mol. The third-order valence-electron chi connectivity index (χ3n) is 3.05. The predicted molar refractivity (Wildman–Crippen MR) is 76.4 cm³/mol. The number of methoxy groups -OCH3 is 1. The van der Waals surface area contributed by atoms with Gasteiger partial charge in [0, 0.05) is 18.3 Å². The number of likely N-dealkylation sites (N-methyl/N-ethyl adjacent to an activating group) is 1. The first-order valence-electron chi connectivity index (χ1n) is 6.60. The lowest BCUT2D eigenvalue weighted by Gasteiger charge is -2.24. The smallest absolute Gasteiger partial charge is 0.160 e. The van der Waals surface area contributed by atoms with E-state index >= 15 is 0 Å². The van der Waals surface area contributed by atoms with Crippen molar-refractivity contribution in [2.45, 2.75) is 33.7 Å². The van der Waals surface area contributed by atoms with Crippen molar-refractivity contribution >= 4 is 5.69 Å². The van der Waals surface area contributed by atoms with E-state index in [4.69, 9.17) is 4.74 Å². The minimum atomic E-state index is 0.376. The fourth-order valence-corrected chi connectivity index (χ4v) is 2.00. The van der Waals surface area contributed by atoms with E-state index in [-0.39, 0.29) is 0 Å². The second-order valence-corrected chi connectivity index (χ2v) is 4.56. The summed E-state index contributed by atoms with van der Waals surface area (Å²) in [5.74, 6) is 0.798. The van der Waals surface area contributed by atoms with Crippen molar-refractivity contribution in [3.8, 4) is 5.75 Å². The molecule has 0 saturated heterocycles. The van der Waals surface area contributed by atoms with Crippen LogP contribution in [-0.2, 0) is 0 Å². The number of pyridine rings is 1. The minimum absolute atomic E-state index is 0.376. The van der Waals surface area contributed by atoms with Gasteiger partial charge in [0.1, 0.15) is 0 Å². The molecule has 0 aliphatic heterocycles. The Labute approximate surface area is 110 Å². The van der Waals surface area contributed by atoms with Gasteiger partial charge in [-0.3, -0.25) is 4.98 Å². The van der Waals surface area contributed by atoms with Crippen LogP contribution >= 0.6 is 0 Å². The van der Waals surface area contributed by atoms with Crippen LogP contribution < -0.4 is 10.1 Å². The zero-order chi connectivity index (χ0) is 13.5. The van der Waals surface area contributed by atoms with Gasteiger partial charge in [0.25, 0.3) is 0 Å². The van der Waals surface area contributed by atoms with Crippen molar-refractivity contribution in [1.29, 1.82) is 0 Å². The molecule has 0 aromatic carbocycles. The van der Waals surface area contributed by atoms with E-state index < -0.39 is 0 Å². The van der Waals surface area contributed by atoms with Crippen LogP contribution in [0.1, 0.15) is 26.5 Å². The fourth-order valence-electron chi connectivity index (χ4n) is 2.00. The third-order valence-corrected chi connectivity index (χ3v) is 3.05. The van der Waals surface area contributed by atoms with Gasteiger partial charge < -0.3 is 15.0 Å². The first kappa shape index (κ1) is 14.8. The average molecular weight is 251 g/mol. The first-order valence-corrected chi connectivity index (χ1v) is 6.60. The van der Waals surface area contributed by atoms with Crippen LogP contribution in [0.15, 0.2) is 12.3 Å². The lowest BCUT2D eigenvalue weighted by molar-refractivity contribution is 0.294. The molecular formula is C14H25N3O. The summed E-state index contributed by atoms with van der Waals surface area (Å²) in [7, 11) is 1.67. The highest BCUT2D eigenvalue weighted by Crippen LogP contribution is 2.24. The number of nitrogens with one attached hydrogen (secondary N) is 1. The van der Waals surface area contributed by atoms with Gasteiger partial charge in [0.2, 0.25) is 0 Å². The summed E-state index contributed by atoms with van der Waals surface area (Å²) in [6.45, 7) is 11.7. The molecule has 4 nitrogen and oxygen atoms in total. The van der Waals surface area contributed by atoms with E-state index in [2.05, 4.69) is 36.0 Å². The summed E-state index contributed by atoms with van der Waals surface area (Å²) in [6, 6.07) is 2.40. The maximum atomic E-state index is 5.32. The van der Waals surface area contributed by atoms with Crippen molar-refractivity contribution in [3.63, 3.8) is 0 Å². The Balaban J connectivity index is 2.68. The Hall–Kier alpha value is -1.29. The van der Waals surface area contributed by atoms with E-state index in [0.717, 1.165) is 36.8 Å². The number of nitrogens with zero attached hydrogens (tertiary/aromatic N) is 2. The van der Waals surface area contributed by atoms with Crippen LogP contribution in [0.3, 0.4) is 0 Å². The quantitative estimate of drug-likeness (QED) is 0.808. The number of ether oxygens (including phenoxy) is 1. The molecule has 0 bridgehead atoms. The summed E-state index contributed by atoms with van der Waals surface area (Å²) in [4.78, 5) is 6.64. The summed E-state index contributed by atoms with van der Waals surface area (Å²) < 4.78 is 5.32. The molecule has 0 spiro atoms. The number of hydrogen-bond donors (Lipinski definition) is 1. The Morgan fingerprint density at radius 2 is 2.06 bits per heavy atom. The van der Waals surface area contributed by atoms with E-state index in [9.17, 15) is 0 Å². The van der Waals surface area contributed by atoms with Crippen LogP contribution in [-0.4, -0.2) is 42.7 Å². The summed E-state index contributed by atoms with van der Waals surface area (Å²) >= 11 is 0. The largest absolute Gasteiger partial charge is 0.493 e. The van der Waals surface area contributed by atoms with Crippen molar-refractivity contribution in [2.75, 3.05) is 32.1 Å². The van der Waals surface area contributed by atoms with Gasteiger partial charge in [-0.2, -0.15) is 0 Å². The highest BCUT2D eigenvalue weighted by atomic mass is 16.5. The van der Waals surface area contributed by atoms with Gasteiger partial charge in [-0.1, -0.05) is 13.8 Å². The topological polar surface area (TPSA) is 37.4 Å². The van der Waals surface area contributed by atoms with Gasteiger partial charge in [0.05, 0.1) is 19.0 Å². The molecule has 1 aromatic heterocycles. The Morgan fingerprint density at radius 3 is 2.61 bits per heavy atom. The van der Waals surface area contributed by atoms with Gasteiger partial charge >= 0.3 is 0 Å². The third kappa shape index (κ3) is 4.18. The number of aryl methyl sites for hydroxylation is 1. The normalized spacial score (nSPS) is 12.6. The molecule has 0 aliphatic carbocycles. The molecule has 0 saturated carbocycles. The standard InChI is InChI=1S/C14H25N3O/c1-6-17(7-2)10-12(4)16-13-8-11(3)15-9-14(13)18-5/h8-9,12H,6-7,10H2,1-5H3,(H,15,16). The number of aromatic nitrogens is 1. The van der Waals surface area contributed by atoms with Gasteiger partial charge in [0.15, 0.2) is 5.75 Å². The second kappa shape index (κ2) is 7.21. The summed E-state index contributed by atoms with van der Waals surface area (Å²) in [6.07, 6.45) is 1.77. The highest BCUT2D eigenvalue weighted by molar-refractivity contribution is 5.56. The summed E-state index contributed by atoms with van der Waals surface area (Å²) in [5.41, 5.74) is 2.01. The molecule has 0 aliphatic rings. The van der Waals surface area contributed by atoms with Crippen LogP contribution in [0.5, 0.6) is 5.75 Å². The molecule has 1 N–H and O–H groups in total. The predicted octanol–water partition coefficient (Wildman–Crippen LogP) is 2.54. The molecule has 0 amide bonds. The first-order chi connectivity index (χ1) is 8.60. The molecule has 1 aromatic rings. The lowest BCUT2D eigenvalue weighted by atomic mass is 10.2. The second-order valence-electron chi connectivity index (χ2n) is 4.56. The van der Waals surface area contributed by atoms with E-state index in [1.807, 2.05) is 13.0 Å². The van der Waals surface area contributed by atoms with Gasteiger partial charge in [-0.15, -0.1) is 0 Å². The average Bonchev–Trinajstić information content (AvgIpc) is 2.36. The van der Waals surface area contributed by atoms with Gasteiger partial charge in [-0.05, 0) is 33.0 Å². The molecule has 0 fully saturated rings. The van der Waals surface area contributed by atoms with E-state index in [1.54, 1.807) is 13.3 Å². The minimum Gasteiger partial charge on any atom is -0.493 e. The number of hydrogen-bond acceptors (Lipinski definition) is 4. The van der Waals surface area contributed by atoms with Gasteiger partial charge in [-0.25, -0.2) is 0 Å². The van der Waals surface area contributed by atoms with Crippen LogP contribution in [0.25, 0.3) is 0 Å². The van der Waals surface area contributed by atoms with Crippen LogP contribution in [0.2, 0.25) is 0 Å². The fraction of sp³-hybridized carbons (Fsp3) is 0.643. The van der Waals surface area contributed by atoms with Crippen molar-refractivity contribution < 1.29 is 4.74 Å². The van der Waals surface area contributed by atoms with Crippen molar-refractivity contribution in [1.82, 2.24) is 9.88 Å². The Morgan fingerprint density at radius 1 is 1.39 bits per heavy atom. The van der Waals surface area contributed by atoms with Crippen LogP contribution in [0, 0.1) is 6.92 Å². The molecule has 18 heavy (non-hydrogen) atoms. The lowest BCUT2D eigenvalue weighted by Crippen LogP contribution is -2.34. The zero-order valence-electron chi connectivity index (χ0n) is 12.2. The van der Waals surface area contributed by atoms with Crippen LogP contribution in [0.4, 0.5) is 5.69 Å². The maximum absolute atomic E-state index is 5.32. The Kier molecular flexibility index (Phi) is 5.92. The molecule has 4 heteroatoms. The zero-order valence-corrected chi connectivity index (χ0v) is 12.2.